The summed E-state index contributed by atoms with van der Waals surface area (Å²) in [7, 11) is 6.01. The number of carbonyl (C=O) groups excluding carboxylic acids is 1. The molecule has 0 radical (unpaired) electrons. The van der Waals surface area contributed by atoms with Crippen molar-refractivity contribution < 1.29 is 34.0 Å². The Morgan fingerprint density at radius 1 is 0.743 bits per heavy atom. The summed E-state index contributed by atoms with van der Waals surface area (Å²) in [6.07, 6.45) is 6.45. The largest absolute Gasteiger partial charge is 0.508 e. The number of phenolic OH excluding ortho intramolecular Hbond substituents is 2. The predicted octanol–water partition coefficient (Wildman–Crippen LogP) is 4.95. The van der Waals surface area contributed by atoms with Crippen molar-refractivity contribution in [3.05, 3.63) is 71.3 Å². The number of carbonyl (C=O) groups is 1. The third-order valence-corrected chi connectivity index (χ3v) is 5.01. The van der Waals surface area contributed by atoms with Gasteiger partial charge in [-0.1, -0.05) is 24.3 Å². The fourth-order valence-corrected chi connectivity index (χ4v) is 3.40. The van der Waals surface area contributed by atoms with Crippen molar-refractivity contribution in [2.24, 2.45) is 0 Å². The molecule has 0 aromatic heterocycles. The summed E-state index contributed by atoms with van der Waals surface area (Å²) in [5.74, 6) is 1.17. The summed E-state index contributed by atoms with van der Waals surface area (Å²) in [5, 5.41) is 22.7. The van der Waals surface area contributed by atoms with Gasteiger partial charge in [-0.3, -0.25) is 4.79 Å². The molecule has 0 aliphatic carbocycles. The van der Waals surface area contributed by atoms with Gasteiger partial charge in [0.1, 0.15) is 5.75 Å². The van der Waals surface area contributed by atoms with Crippen LogP contribution in [-0.2, 0) is 4.79 Å². The number of hydrogen-bond acceptors (Lipinski definition) is 7. The molecule has 3 rings (SSSR count). The maximum absolute atomic E-state index is 12.5. The van der Waals surface area contributed by atoms with Gasteiger partial charge in [0, 0.05) is 6.08 Å². The summed E-state index contributed by atoms with van der Waals surface area (Å²) in [5.41, 5.74) is 2.35. The van der Waals surface area contributed by atoms with E-state index in [-0.39, 0.29) is 17.2 Å². The molecule has 0 aliphatic rings. The Labute approximate surface area is 203 Å². The van der Waals surface area contributed by atoms with Gasteiger partial charge in [0.05, 0.1) is 34.1 Å². The third-order valence-electron chi connectivity index (χ3n) is 5.01. The van der Waals surface area contributed by atoms with Crippen LogP contribution in [0.5, 0.6) is 34.5 Å². The van der Waals surface area contributed by atoms with Crippen LogP contribution in [0.15, 0.2) is 54.6 Å². The van der Waals surface area contributed by atoms with E-state index in [1.165, 1.54) is 46.6 Å². The molecule has 8 heteroatoms. The first-order valence-corrected chi connectivity index (χ1v) is 10.6. The average Bonchev–Trinajstić information content (AvgIpc) is 2.85. The van der Waals surface area contributed by atoms with E-state index in [0.717, 1.165) is 5.56 Å². The Balaban J connectivity index is 1.87. The summed E-state index contributed by atoms with van der Waals surface area (Å²) in [6.45, 7) is 0. The minimum atomic E-state index is -0.434. The van der Waals surface area contributed by atoms with Gasteiger partial charge in [0.15, 0.2) is 23.0 Å². The van der Waals surface area contributed by atoms with Crippen LogP contribution in [0.2, 0.25) is 0 Å². The third kappa shape index (κ3) is 6.26. The van der Waals surface area contributed by atoms with Crippen LogP contribution in [0.25, 0.3) is 18.2 Å². The lowest BCUT2D eigenvalue weighted by Gasteiger charge is -2.13. The molecule has 0 atom stereocenters. The molecule has 0 aliphatic heterocycles. The van der Waals surface area contributed by atoms with E-state index < -0.39 is 5.91 Å². The second kappa shape index (κ2) is 11.5. The predicted molar refractivity (Wildman–Crippen MR) is 135 cm³/mol. The molecule has 0 saturated carbocycles. The smallest absolute Gasteiger partial charge is 0.248 e. The second-order valence-electron chi connectivity index (χ2n) is 7.33. The molecule has 8 nitrogen and oxygen atoms in total. The number of aromatic hydroxyl groups is 2. The highest BCUT2D eigenvalue weighted by atomic mass is 16.5. The topological polar surface area (TPSA) is 106 Å². The fraction of sp³-hybridized carbons (Fsp3) is 0.148. The number of phenols is 2. The van der Waals surface area contributed by atoms with E-state index in [1.807, 2.05) is 0 Å². The molecule has 0 unspecified atom stereocenters. The zero-order chi connectivity index (χ0) is 25.4. The molecule has 3 N–H and O–H groups in total. The van der Waals surface area contributed by atoms with Crippen molar-refractivity contribution in [3.8, 4) is 34.5 Å². The normalized spacial score (nSPS) is 11.0. The van der Waals surface area contributed by atoms with Gasteiger partial charge >= 0.3 is 0 Å². The quantitative estimate of drug-likeness (QED) is 0.296. The lowest BCUT2D eigenvalue weighted by atomic mass is 10.1. The molecule has 0 fully saturated rings. The van der Waals surface area contributed by atoms with Crippen molar-refractivity contribution >= 4 is 29.8 Å². The van der Waals surface area contributed by atoms with Crippen LogP contribution in [0.4, 0.5) is 5.69 Å². The first-order valence-electron chi connectivity index (χ1n) is 10.6. The zero-order valence-corrected chi connectivity index (χ0v) is 19.9. The molecule has 0 heterocycles. The monoisotopic (exact) mass is 477 g/mol. The van der Waals surface area contributed by atoms with E-state index in [9.17, 15) is 15.0 Å². The van der Waals surface area contributed by atoms with Gasteiger partial charge in [0.2, 0.25) is 11.7 Å². The Kier molecular flexibility index (Phi) is 8.24. The standard InChI is InChI=1S/C27H27NO7/c1-32-23-15-19(16-24(33-2)27(23)35-4)9-8-18-13-21(26(34-3)22(30)14-18)28-25(31)11-10-17-6-5-7-20(29)12-17/h5-16,29-30H,1-4H3,(H,28,31)/b9-8?,11-10+. The first kappa shape index (κ1) is 25.0. The first-order chi connectivity index (χ1) is 16.9. The molecular weight excluding hydrogens is 450 g/mol. The average molecular weight is 478 g/mol. The van der Waals surface area contributed by atoms with Crippen LogP contribution in [-0.4, -0.2) is 44.6 Å². The summed E-state index contributed by atoms with van der Waals surface area (Å²) >= 11 is 0. The highest BCUT2D eigenvalue weighted by molar-refractivity contribution is 6.03. The van der Waals surface area contributed by atoms with Crippen LogP contribution < -0.4 is 24.3 Å². The molecule has 0 saturated heterocycles. The van der Waals surface area contributed by atoms with Gasteiger partial charge < -0.3 is 34.5 Å². The van der Waals surface area contributed by atoms with Crippen molar-refractivity contribution in [2.75, 3.05) is 33.8 Å². The lowest BCUT2D eigenvalue weighted by molar-refractivity contribution is -0.111. The summed E-state index contributed by atoms with van der Waals surface area (Å²) in [4.78, 5) is 12.5. The number of benzene rings is 3. The Morgan fingerprint density at radius 3 is 1.94 bits per heavy atom. The zero-order valence-electron chi connectivity index (χ0n) is 19.9. The van der Waals surface area contributed by atoms with Gasteiger partial charge in [-0.15, -0.1) is 0 Å². The van der Waals surface area contributed by atoms with Crippen molar-refractivity contribution in [3.63, 3.8) is 0 Å². The molecule has 3 aromatic carbocycles. The SMILES string of the molecule is COc1cc(C=Cc2cc(O)c(OC)c(NC(=O)/C=C/c3cccc(O)c3)c2)cc(OC)c1OC. The Bertz CT molecular complexity index is 1240. The van der Waals surface area contributed by atoms with E-state index in [1.54, 1.807) is 54.6 Å². The van der Waals surface area contributed by atoms with E-state index >= 15 is 0 Å². The van der Waals surface area contributed by atoms with Crippen LogP contribution in [0.3, 0.4) is 0 Å². The van der Waals surface area contributed by atoms with Gasteiger partial charge in [-0.2, -0.15) is 0 Å². The van der Waals surface area contributed by atoms with Gasteiger partial charge in [-0.05, 0) is 59.2 Å². The molecule has 1 amide bonds. The van der Waals surface area contributed by atoms with Gasteiger partial charge in [0.25, 0.3) is 0 Å². The highest BCUT2D eigenvalue weighted by Crippen LogP contribution is 2.39. The van der Waals surface area contributed by atoms with Crippen molar-refractivity contribution in [2.45, 2.75) is 0 Å². The van der Waals surface area contributed by atoms with Gasteiger partial charge in [-0.25, -0.2) is 0 Å². The summed E-state index contributed by atoms with van der Waals surface area (Å²) in [6, 6.07) is 13.3. The van der Waals surface area contributed by atoms with Crippen LogP contribution in [0.1, 0.15) is 16.7 Å². The number of rotatable bonds is 9. The maximum Gasteiger partial charge on any atom is 0.248 e. The second-order valence-corrected chi connectivity index (χ2v) is 7.33. The van der Waals surface area contributed by atoms with E-state index in [4.69, 9.17) is 18.9 Å². The van der Waals surface area contributed by atoms with Crippen molar-refractivity contribution in [1.82, 2.24) is 0 Å². The Morgan fingerprint density at radius 2 is 1.37 bits per heavy atom. The molecule has 35 heavy (non-hydrogen) atoms. The minimum absolute atomic E-state index is 0.103. The number of ether oxygens (including phenoxy) is 4. The number of hydrogen-bond donors (Lipinski definition) is 3. The lowest BCUT2D eigenvalue weighted by Crippen LogP contribution is -2.09. The number of methoxy groups -OCH3 is 4. The molecule has 0 bridgehead atoms. The Hall–Kier alpha value is -4.59. The van der Waals surface area contributed by atoms with Crippen LogP contribution >= 0.6 is 0 Å². The maximum atomic E-state index is 12.5. The molecule has 3 aromatic rings. The molecular formula is C27H27NO7. The number of amides is 1. The number of anilines is 1. The summed E-state index contributed by atoms with van der Waals surface area (Å²) < 4.78 is 21.4. The number of nitrogens with one attached hydrogen (secondary N) is 1. The molecule has 0 spiro atoms. The molecule has 182 valence electrons. The van der Waals surface area contributed by atoms with Crippen molar-refractivity contribution in [1.29, 1.82) is 0 Å². The van der Waals surface area contributed by atoms with E-state index in [0.29, 0.717) is 34.1 Å². The fourth-order valence-electron chi connectivity index (χ4n) is 3.40. The highest BCUT2D eigenvalue weighted by Gasteiger charge is 2.14. The van der Waals surface area contributed by atoms with Crippen LogP contribution in [0, 0.1) is 0 Å². The minimum Gasteiger partial charge on any atom is -0.508 e. The van der Waals surface area contributed by atoms with E-state index in [2.05, 4.69) is 5.32 Å².